The van der Waals surface area contributed by atoms with Crippen LogP contribution in [0.5, 0.6) is 0 Å². The van der Waals surface area contributed by atoms with Crippen LogP contribution in [0.3, 0.4) is 0 Å². The quantitative estimate of drug-likeness (QED) is 0.556. The zero-order valence-corrected chi connectivity index (χ0v) is 5.71. The summed E-state index contributed by atoms with van der Waals surface area (Å²) < 4.78 is 0. The van der Waals surface area contributed by atoms with Crippen molar-refractivity contribution in [2.24, 2.45) is 11.8 Å². The molecule has 2 aliphatic carbocycles. The molecule has 0 spiro atoms. The van der Waals surface area contributed by atoms with Crippen LogP contribution in [0.4, 0.5) is 0 Å². The second-order valence-corrected chi connectivity index (χ2v) is 3.19. The Bertz CT molecular complexity index is 205. The summed E-state index contributed by atoms with van der Waals surface area (Å²) in [6.45, 7) is 0. The third kappa shape index (κ3) is 0.681. The van der Waals surface area contributed by atoms with Crippen molar-refractivity contribution >= 4 is 5.97 Å². The lowest BCUT2D eigenvalue weighted by Gasteiger charge is -2.11. The highest BCUT2D eigenvalue weighted by Crippen LogP contribution is 2.43. The van der Waals surface area contributed by atoms with Gasteiger partial charge in [0.2, 0.25) is 0 Å². The minimum Gasteiger partial charge on any atom is -0.481 e. The largest absolute Gasteiger partial charge is 0.481 e. The number of hydrogen-bond donors (Lipinski definition) is 1. The highest BCUT2D eigenvalue weighted by Gasteiger charge is 2.36. The van der Waals surface area contributed by atoms with Crippen LogP contribution in [0.2, 0.25) is 0 Å². The van der Waals surface area contributed by atoms with Gasteiger partial charge in [-0.15, -0.1) is 0 Å². The molecule has 0 aromatic rings. The van der Waals surface area contributed by atoms with Crippen molar-refractivity contribution in [2.45, 2.75) is 19.3 Å². The molecule has 0 saturated heterocycles. The Labute approximate surface area is 59.5 Å². The van der Waals surface area contributed by atoms with Crippen LogP contribution in [0, 0.1) is 11.8 Å². The summed E-state index contributed by atoms with van der Waals surface area (Å²) in [7, 11) is 0. The number of carboxylic acid groups (broad SMARTS) is 1. The topological polar surface area (TPSA) is 37.3 Å². The van der Waals surface area contributed by atoms with E-state index in [1.54, 1.807) is 0 Å². The SMILES string of the molecule is O=C(O)C1C=C2CCC1C2. The molecule has 0 heterocycles. The second kappa shape index (κ2) is 1.84. The third-order valence-corrected chi connectivity index (χ3v) is 2.57. The number of carbonyl (C=O) groups is 1. The Morgan fingerprint density at radius 1 is 1.70 bits per heavy atom. The molecule has 0 radical (unpaired) electrons. The Morgan fingerprint density at radius 2 is 2.50 bits per heavy atom. The van der Waals surface area contributed by atoms with Crippen molar-refractivity contribution < 1.29 is 9.90 Å². The highest BCUT2D eigenvalue weighted by molar-refractivity contribution is 5.74. The number of allylic oxidation sites excluding steroid dienone is 1. The summed E-state index contributed by atoms with van der Waals surface area (Å²) >= 11 is 0. The summed E-state index contributed by atoms with van der Waals surface area (Å²) in [6, 6.07) is 0. The first kappa shape index (κ1) is 5.96. The van der Waals surface area contributed by atoms with Gasteiger partial charge in [-0.05, 0) is 25.2 Å². The van der Waals surface area contributed by atoms with Crippen LogP contribution in [0.15, 0.2) is 11.6 Å². The Kier molecular flexibility index (Phi) is 1.10. The molecule has 2 heteroatoms. The van der Waals surface area contributed by atoms with Crippen molar-refractivity contribution in [3.05, 3.63) is 11.6 Å². The number of fused-ring (bicyclic) bond motifs is 2. The summed E-state index contributed by atoms with van der Waals surface area (Å²) in [6.07, 6.45) is 5.24. The van der Waals surface area contributed by atoms with Crippen molar-refractivity contribution in [1.29, 1.82) is 0 Å². The van der Waals surface area contributed by atoms with Crippen molar-refractivity contribution in [3.8, 4) is 0 Å². The van der Waals surface area contributed by atoms with Gasteiger partial charge in [0.05, 0.1) is 5.92 Å². The first-order valence-corrected chi connectivity index (χ1v) is 3.70. The van der Waals surface area contributed by atoms with E-state index in [0.29, 0.717) is 5.92 Å². The van der Waals surface area contributed by atoms with E-state index in [1.807, 2.05) is 6.08 Å². The van der Waals surface area contributed by atoms with Gasteiger partial charge in [-0.1, -0.05) is 11.6 Å². The molecule has 1 N–H and O–H groups in total. The molecule has 0 aromatic heterocycles. The molecule has 10 heavy (non-hydrogen) atoms. The highest BCUT2D eigenvalue weighted by atomic mass is 16.4. The van der Waals surface area contributed by atoms with E-state index in [0.717, 1.165) is 19.3 Å². The van der Waals surface area contributed by atoms with E-state index in [-0.39, 0.29) is 5.92 Å². The van der Waals surface area contributed by atoms with Crippen LogP contribution >= 0.6 is 0 Å². The van der Waals surface area contributed by atoms with Gasteiger partial charge in [-0.25, -0.2) is 0 Å². The zero-order valence-electron chi connectivity index (χ0n) is 5.71. The molecule has 0 amide bonds. The zero-order chi connectivity index (χ0) is 7.14. The van der Waals surface area contributed by atoms with Gasteiger partial charge < -0.3 is 5.11 Å². The average Bonchev–Trinajstić information content (AvgIpc) is 2.44. The maximum atomic E-state index is 10.5. The second-order valence-electron chi connectivity index (χ2n) is 3.19. The molecule has 2 aliphatic rings. The molecule has 2 nitrogen and oxygen atoms in total. The van der Waals surface area contributed by atoms with E-state index in [4.69, 9.17) is 5.11 Å². The molecular formula is C8H10O2. The van der Waals surface area contributed by atoms with Crippen LogP contribution < -0.4 is 0 Å². The number of rotatable bonds is 1. The standard InChI is InChI=1S/C8H10O2/c9-8(10)7-4-5-1-2-6(7)3-5/h4,6-7H,1-3H2,(H,9,10). The van der Waals surface area contributed by atoms with Gasteiger partial charge in [0, 0.05) is 0 Å². The van der Waals surface area contributed by atoms with Crippen LogP contribution in [0.1, 0.15) is 19.3 Å². The van der Waals surface area contributed by atoms with E-state index >= 15 is 0 Å². The lowest BCUT2D eigenvalue weighted by Crippen LogP contribution is -2.17. The van der Waals surface area contributed by atoms with Gasteiger partial charge >= 0.3 is 5.97 Å². The van der Waals surface area contributed by atoms with E-state index in [9.17, 15) is 4.79 Å². The summed E-state index contributed by atoms with van der Waals surface area (Å²) in [5, 5.41) is 8.69. The molecular weight excluding hydrogens is 128 g/mol. The maximum Gasteiger partial charge on any atom is 0.310 e. The summed E-state index contributed by atoms with van der Waals surface area (Å²) in [4.78, 5) is 10.5. The molecule has 0 aliphatic heterocycles. The minimum absolute atomic E-state index is 0.149. The van der Waals surface area contributed by atoms with Gasteiger partial charge in [0.25, 0.3) is 0 Å². The van der Waals surface area contributed by atoms with Gasteiger partial charge in [0.15, 0.2) is 0 Å². The van der Waals surface area contributed by atoms with Gasteiger partial charge in [0.1, 0.15) is 0 Å². The predicted molar refractivity (Wildman–Crippen MR) is 36.5 cm³/mol. The molecule has 2 unspecified atom stereocenters. The maximum absolute atomic E-state index is 10.5. The third-order valence-electron chi connectivity index (χ3n) is 2.57. The molecule has 2 bridgehead atoms. The van der Waals surface area contributed by atoms with Crippen LogP contribution in [0.25, 0.3) is 0 Å². The minimum atomic E-state index is -0.639. The fourth-order valence-corrected chi connectivity index (χ4v) is 2.03. The van der Waals surface area contributed by atoms with Gasteiger partial charge in [-0.3, -0.25) is 4.79 Å². The number of aliphatic carboxylic acids is 1. The smallest absolute Gasteiger partial charge is 0.310 e. The summed E-state index contributed by atoms with van der Waals surface area (Å²) in [5.74, 6) is -0.351. The molecule has 1 saturated carbocycles. The fourth-order valence-electron chi connectivity index (χ4n) is 2.03. The lowest BCUT2D eigenvalue weighted by molar-refractivity contribution is -0.141. The molecule has 2 atom stereocenters. The molecule has 2 rings (SSSR count). The number of hydrogen-bond acceptors (Lipinski definition) is 1. The van der Waals surface area contributed by atoms with Crippen molar-refractivity contribution in [3.63, 3.8) is 0 Å². The van der Waals surface area contributed by atoms with E-state index < -0.39 is 5.97 Å². The van der Waals surface area contributed by atoms with E-state index in [1.165, 1.54) is 5.57 Å². The average molecular weight is 138 g/mol. The normalized spacial score (nSPS) is 36.2. The van der Waals surface area contributed by atoms with Crippen molar-refractivity contribution in [1.82, 2.24) is 0 Å². The monoisotopic (exact) mass is 138 g/mol. The van der Waals surface area contributed by atoms with Crippen molar-refractivity contribution in [2.75, 3.05) is 0 Å². The molecule has 1 fully saturated rings. The first-order chi connectivity index (χ1) is 4.77. The summed E-state index contributed by atoms with van der Waals surface area (Å²) in [5.41, 5.74) is 1.37. The Balaban J connectivity index is 2.22. The molecule has 0 aromatic carbocycles. The first-order valence-electron chi connectivity index (χ1n) is 3.70. The lowest BCUT2D eigenvalue weighted by atomic mass is 9.93. The fraction of sp³-hybridized carbons (Fsp3) is 0.625. The Morgan fingerprint density at radius 3 is 2.80 bits per heavy atom. The van der Waals surface area contributed by atoms with Crippen LogP contribution in [-0.4, -0.2) is 11.1 Å². The van der Waals surface area contributed by atoms with E-state index in [2.05, 4.69) is 0 Å². The number of carboxylic acids is 1. The van der Waals surface area contributed by atoms with Crippen LogP contribution in [-0.2, 0) is 4.79 Å². The predicted octanol–water partition coefficient (Wildman–Crippen LogP) is 1.43. The molecule has 54 valence electrons. The van der Waals surface area contributed by atoms with Gasteiger partial charge in [-0.2, -0.15) is 0 Å². The Hall–Kier alpha value is -0.790.